The molecule has 1 N–H and O–H groups in total. The molecule has 0 aromatic rings. The number of rotatable bonds is 6. The molecule has 4 atom stereocenters. The van der Waals surface area contributed by atoms with Gasteiger partial charge in [-0.2, -0.15) is 0 Å². The summed E-state index contributed by atoms with van der Waals surface area (Å²) in [6.07, 6.45) is 7.24. The van der Waals surface area contributed by atoms with Gasteiger partial charge in [0.1, 0.15) is 6.04 Å². The van der Waals surface area contributed by atoms with Crippen LogP contribution in [-0.4, -0.2) is 45.0 Å². The van der Waals surface area contributed by atoms with E-state index in [0.29, 0.717) is 12.3 Å². The quantitative estimate of drug-likeness (QED) is 0.765. The van der Waals surface area contributed by atoms with Gasteiger partial charge in [-0.15, -0.1) is 11.8 Å². The number of amides is 1. The Balaban J connectivity index is 2.05. The number of likely N-dealkylation sites (tertiary alicyclic amines) is 1. The summed E-state index contributed by atoms with van der Waals surface area (Å²) in [4.78, 5) is 26.0. The summed E-state index contributed by atoms with van der Waals surface area (Å²) >= 11 is 1.66. The average molecular weight is 313 g/mol. The number of nitrogens with zero attached hydrogens (tertiary/aromatic N) is 1. The fraction of sp³-hybridized carbons (Fsp3) is 0.875. The molecule has 1 amide bonds. The van der Waals surface area contributed by atoms with Crippen molar-refractivity contribution in [3.8, 4) is 0 Å². The Hall–Kier alpha value is -0.710. The van der Waals surface area contributed by atoms with Crippen LogP contribution in [0.1, 0.15) is 58.8 Å². The summed E-state index contributed by atoms with van der Waals surface area (Å²) in [5, 5.41) is 9.35. The molecule has 4 unspecified atom stereocenters. The predicted octanol–water partition coefficient (Wildman–Crippen LogP) is 3.15. The van der Waals surface area contributed by atoms with E-state index >= 15 is 0 Å². The molecule has 2 aliphatic rings. The summed E-state index contributed by atoms with van der Waals surface area (Å²) in [6, 6.07) is -0.429. The number of aliphatic carboxylic acids is 1. The molecule has 5 heteroatoms. The van der Waals surface area contributed by atoms with Gasteiger partial charge >= 0.3 is 5.97 Å². The Labute approximate surface area is 131 Å². The van der Waals surface area contributed by atoms with Gasteiger partial charge in [0.15, 0.2) is 0 Å². The van der Waals surface area contributed by atoms with Crippen LogP contribution in [0.4, 0.5) is 0 Å². The third kappa shape index (κ3) is 3.74. The van der Waals surface area contributed by atoms with Crippen LogP contribution in [0.15, 0.2) is 0 Å². The standard InChI is InChI=1S/C16H27NO3S/c1-3-4-9-21-11(2)15(18)17-13-8-6-5-7-12(13)10-14(17)16(19)20/h11-14H,3-10H2,1-2H3,(H,19,20). The van der Waals surface area contributed by atoms with Crippen LogP contribution in [0.3, 0.4) is 0 Å². The molecule has 0 aromatic heterocycles. The van der Waals surface area contributed by atoms with E-state index in [1.807, 2.05) is 6.92 Å². The highest BCUT2D eigenvalue weighted by Gasteiger charge is 2.48. The second-order valence-electron chi connectivity index (χ2n) is 6.31. The number of carbonyl (C=O) groups is 2. The Bertz CT molecular complexity index is 388. The summed E-state index contributed by atoms with van der Waals surface area (Å²) in [7, 11) is 0. The third-order valence-electron chi connectivity index (χ3n) is 4.84. The molecule has 1 heterocycles. The molecule has 0 radical (unpaired) electrons. The van der Waals surface area contributed by atoms with Gasteiger partial charge < -0.3 is 10.0 Å². The molecular formula is C16H27NO3S. The van der Waals surface area contributed by atoms with E-state index in [-0.39, 0.29) is 17.2 Å². The minimum atomic E-state index is -0.830. The van der Waals surface area contributed by atoms with Crippen molar-refractivity contribution < 1.29 is 14.7 Å². The summed E-state index contributed by atoms with van der Waals surface area (Å²) in [5.74, 6) is 0.585. The van der Waals surface area contributed by atoms with Crippen molar-refractivity contribution in [1.82, 2.24) is 4.90 Å². The second-order valence-corrected chi connectivity index (χ2v) is 7.76. The molecule has 1 aliphatic heterocycles. The van der Waals surface area contributed by atoms with Crippen molar-refractivity contribution in [2.45, 2.75) is 76.1 Å². The molecule has 1 saturated carbocycles. The zero-order valence-electron chi connectivity index (χ0n) is 13.1. The maximum Gasteiger partial charge on any atom is 0.326 e. The fourth-order valence-electron chi connectivity index (χ4n) is 3.68. The van der Waals surface area contributed by atoms with Gasteiger partial charge in [0, 0.05) is 6.04 Å². The SMILES string of the molecule is CCCCSC(C)C(=O)N1C(C(=O)O)CC2CCCCC21. The van der Waals surface area contributed by atoms with Gasteiger partial charge in [-0.3, -0.25) is 4.79 Å². The Morgan fingerprint density at radius 2 is 2.05 bits per heavy atom. The first-order valence-corrected chi connectivity index (χ1v) is 9.27. The lowest BCUT2D eigenvalue weighted by atomic mass is 9.84. The third-order valence-corrected chi connectivity index (χ3v) is 6.07. The van der Waals surface area contributed by atoms with Gasteiger partial charge in [0.2, 0.25) is 5.91 Å². The summed E-state index contributed by atoms with van der Waals surface area (Å²) < 4.78 is 0. The molecule has 2 fully saturated rings. The largest absolute Gasteiger partial charge is 0.480 e. The van der Waals surface area contributed by atoms with Crippen molar-refractivity contribution >= 4 is 23.6 Å². The lowest BCUT2D eigenvalue weighted by Gasteiger charge is -2.34. The summed E-state index contributed by atoms with van der Waals surface area (Å²) in [5.41, 5.74) is 0. The van der Waals surface area contributed by atoms with E-state index in [1.54, 1.807) is 16.7 Å². The number of carboxylic acids is 1. The minimum Gasteiger partial charge on any atom is -0.480 e. The minimum absolute atomic E-state index is 0.0397. The molecule has 4 nitrogen and oxygen atoms in total. The van der Waals surface area contributed by atoms with Gasteiger partial charge in [-0.05, 0) is 44.3 Å². The van der Waals surface area contributed by atoms with Gasteiger partial charge in [0.25, 0.3) is 0 Å². The lowest BCUT2D eigenvalue weighted by Crippen LogP contribution is -2.49. The van der Waals surface area contributed by atoms with Crippen LogP contribution >= 0.6 is 11.8 Å². The van der Waals surface area contributed by atoms with Crippen molar-refractivity contribution in [1.29, 1.82) is 0 Å². The van der Waals surface area contributed by atoms with E-state index in [4.69, 9.17) is 0 Å². The zero-order valence-corrected chi connectivity index (χ0v) is 13.9. The van der Waals surface area contributed by atoms with Crippen LogP contribution in [0.5, 0.6) is 0 Å². The highest BCUT2D eigenvalue weighted by Crippen LogP contribution is 2.40. The maximum absolute atomic E-state index is 12.8. The number of unbranched alkanes of at least 4 members (excludes halogenated alkanes) is 1. The van der Waals surface area contributed by atoms with Crippen LogP contribution in [-0.2, 0) is 9.59 Å². The number of carbonyl (C=O) groups excluding carboxylic acids is 1. The number of hydrogen-bond acceptors (Lipinski definition) is 3. The normalized spacial score (nSPS) is 30.0. The molecule has 0 aromatic carbocycles. The smallest absolute Gasteiger partial charge is 0.326 e. The Morgan fingerprint density at radius 1 is 1.33 bits per heavy atom. The van der Waals surface area contributed by atoms with Crippen molar-refractivity contribution in [2.75, 3.05) is 5.75 Å². The number of thioether (sulfide) groups is 1. The topological polar surface area (TPSA) is 57.6 Å². The Morgan fingerprint density at radius 3 is 2.71 bits per heavy atom. The van der Waals surface area contributed by atoms with Gasteiger partial charge in [-0.1, -0.05) is 26.2 Å². The van der Waals surface area contributed by atoms with Gasteiger partial charge in [0.05, 0.1) is 5.25 Å². The first-order chi connectivity index (χ1) is 10.1. The predicted molar refractivity (Wildman–Crippen MR) is 85.5 cm³/mol. The van der Waals surface area contributed by atoms with Gasteiger partial charge in [-0.25, -0.2) is 4.79 Å². The Kier molecular flexibility index (Phi) is 5.97. The molecule has 120 valence electrons. The number of fused-ring (bicyclic) bond motifs is 1. The zero-order chi connectivity index (χ0) is 15.4. The number of carboxylic acid groups (broad SMARTS) is 1. The van der Waals surface area contributed by atoms with E-state index in [2.05, 4.69) is 6.92 Å². The van der Waals surface area contributed by atoms with E-state index < -0.39 is 12.0 Å². The first-order valence-electron chi connectivity index (χ1n) is 8.22. The van der Waals surface area contributed by atoms with E-state index in [1.165, 1.54) is 6.42 Å². The van der Waals surface area contributed by atoms with E-state index in [0.717, 1.165) is 37.9 Å². The van der Waals surface area contributed by atoms with Crippen molar-refractivity contribution in [3.05, 3.63) is 0 Å². The fourth-order valence-corrected chi connectivity index (χ4v) is 4.76. The first kappa shape index (κ1) is 16.7. The van der Waals surface area contributed by atoms with Crippen LogP contribution < -0.4 is 0 Å². The maximum atomic E-state index is 12.8. The molecule has 21 heavy (non-hydrogen) atoms. The van der Waals surface area contributed by atoms with Crippen LogP contribution in [0, 0.1) is 5.92 Å². The average Bonchev–Trinajstić information content (AvgIpc) is 2.86. The van der Waals surface area contributed by atoms with Crippen LogP contribution in [0.2, 0.25) is 0 Å². The highest BCUT2D eigenvalue weighted by atomic mass is 32.2. The molecule has 1 saturated heterocycles. The number of hydrogen-bond donors (Lipinski definition) is 1. The monoisotopic (exact) mass is 313 g/mol. The van der Waals surface area contributed by atoms with Crippen LogP contribution in [0.25, 0.3) is 0 Å². The second kappa shape index (κ2) is 7.52. The van der Waals surface area contributed by atoms with Crippen molar-refractivity contribution in [3.63, 3.8) is 0 Å². The molecule has 1 aliphatic carbocycles. The summed E-state index contributed by atoms with van der Waals surface area (Å²) in [6.45, 7) is 4.07. The molecule has 0 spiro atoms. The molecule has 2 rings (SSSR count). The lowest BCUT2D eigenvalue weighted by molar-refractivity contribution is -0.149. The van der Waals surface area contributed by atoms with E-state index in [9.17, 15) is 14.7 Å². The highest BCUT2D eigenvalue weighted by molar-refractivity contribution is 8.00. The molecular weight excluding hydrogens is 286 g/mol. The van der Waals surface area contributed by atoms with Crippen molar-refractivity contribution in [2.24, 2.45) is 5.92 Å². The molecule has 0 bridgehead atoms.